The molecular formula is C22H24BrNO4S. The molecule has 0 saturated carbocycles. The molecule has 7 heteroatoms. The van der Waals surface area contributed by atoms with Crippen LogP contribution < -0.4 is 10.1 Å². The highest BCUT2D eigenvalue weighted by Crippen LogP contribution is 2.47. The van der Waals surface area contributed by atoms with Crippen LogP contribution in [-0.2, 0) is 20.0 Å². The molecule has 2 heterocycles. The van der Waals surface area contributed by atoms with E-state index in [1.807, 2.05) is 30.3 Å². The van der Waals surface area contributed by atoms with Gasteiger partial charge in [0.1, 0.15) is 5.75 Å². The van der Waals surface area contributed by atoms with Crippen LogP contribution in [-0.4, -0.2) is 25.3 Å². The molecular weight excluding hydrogens is 454 g/mol. The lowest BCUT2D eigenvalue weighted by Gasteiger charge is -2.46. The van der Waals surface area contributed by atoms with E-state index in [-0.39, 0.29) is 10.3 Å². The normalized spacial score (nSPS) is 26.3. The third-order valence-corrected chi connectivity index (χ3v) is 8.34. The number of benzene rings is 2. The van der Waals surface area contributed by atoms with Crippen molar-refractivity contribution in [3.05, 3.63) is 58.1 Å². The van der Waals surface area contributed by atoms with E-state index in [0.29, 0.717) is 12.2 Å². The first-order valence-electron chi connectivity index (χ1n) is 9.56. The predicted molar refractivity (Wildman–Crippen MR) is 115 cm³/mol. The van der Waals surface area contributed by atoms with Crippen LogP contribution in [0.5, 0.6) is 5.75 Å². The summed E-state index contributed by atoms with van der Waals surface area (Å²) in [6.45, 7) is 8.00. The smallest absolute Gasteiger partial charge is 0.242 e. The Morgan fingerprint density at radius 1 is 1.14 bits per heavy atom. The molecule has 154 valence electrons. The molecule has 2 bridgehead atoms. The molecule has 2 aromatic rings. The van der Waals surface area contributed by atoms with Crippen LogP contribution in [0.3, 0.4) is 0 Å². The molecule has 0 aliphatic carbocycles. The van der Waals surface area contributed by atoms with Crippen molar-refractivity contribution in [3.8, 4) is 5.75 Å². The molecule has 1 N–H and O–H groups in total. The highest BCUT2D eigenvalue weighted by atomic mass is 79.9. The summed E-state index contributed by atoms with van der Waals surface area (Å²) in [4.78, 5) is 13.1. The SMILES string of the molecule is CC12CC(c3cc(Br)ccc3O1)C(S(=O)(=O)c1ccc(C(C)(C)C)cc1)C(=O)N2. The zero-order chi connectivity index (χ0) is 21.2. The van der Waals surface area contributed by atoms with Gasteiger partial charge in [-0.05, 0) is 48.2 Å². The van der Waals surface area contributed by atoms with Crippen LogP contribution >= 0.6 is 15.9 Å². The third-order valence-electron chi connectivity index (χ3n) is 5.71. The van der Waals surface area contributed by atoms with E-state index in [9.17, 15) is 13.2 Å². The Labute approximate surface area is 179 Å². The monoisotopic (exact) mass is 477 g/mol. The van der Waals surface area contributed by atoms with Crippen molar-refractivity contribution in [1.29, 1.82) is 0 Å². The molecule has 2 aromatic carbocycles. The van der Waals surface area contributed by atoms with Crippen molar-refractivity contribution in [2.45, 2.75) is 61.3 Å². The number of nitrogens with one attached hydrogen (secondary N) is 1. The van der Waals surface area contributed by atoms with Gasteiger partial charge in [0.25, 0.3) is 0 Å². The first-order valence-corrected chi connectivity index (χ1v) is 11.9. The summed E-state index contributed by atoms with van der Waals surface area (Å²) in [5.41, 5.74) is 0.784. The quantitative estimate of drug-likeness (QED) is 0.699. The van der Waals surface area contributed by atoms with Gasteiger partial charge in [-0.2, -0.15) is 0 Å². The number of amides is 1. The van der Waals surface area contributed by atoms with E-state index in [2.05, 4.69) is 42.0 Å². The number of fused-ring (bicyclic) bond motifs is 4. The average molecular weight is 478 g/mol. The molecule has 4 rings (SSSR count). The summed E-state index contributed by atoms with van der Waals surface area (Å²) in [6, 6.07) is 12.4. The molecule has 2 aliphatic rings. The van der Waals surface area contributed by atoms with Crippen molar-refractivity contribution in [1.82, 2.24) is 5.32 Å². The van der Waals surface area contributed by atoms with E-state index in [4.69, 9.17) is 4.74 Å². The van der Waals surface area contributed by atoms with Crippen LogP contribution in [0, 0.1) is 0 Å². The fourth-order valence-corrected chi connectivity index (χ4v) is 6.43. The molecule has 0 radical (unpaired) electrons. The van der Waals surface area contributed by atoms with E-state index < -0.39 is 32.6 Å². The van der Waals surface area contributed by atoms with Crippen molar-refractivity contribution in [3.63, 3.8) is 0 Å². The Balaban J connectivity index is 1.80. The number of carbonyl (C=O) groups excluding carboxylic acids is 1. The maximum absolute atomic E-state index is 13.5. The lowest BCUT2D eigenvalue weighted by molar-refractivity contribution is -0.132. The summed E-state index contributed by atoms with van der Waals surface area (Å²) in [5, 5.41) is 1.59. The lowest BCUT2D eigenvalue weighted by atomic mass is 9.81. The van der Waals surface area contributed by atoms with Crippen molar-refractivity contribution in [2.24, 2.45) is 0 Å². The maximum atomic E-state index is 13.5. The molecule has 5 nitrogen and oxygen atoms in total. The summed E-state index contributed by atoms with van der Waals surface area (Å²) < 4.78 is 33.9. The minimum absolute atomic E-state index is 0.0851. The standard InChI is InChI=1S/C22H24BrNO4S/c1-21(2,3)13-5-8-15(9-6-13)29(26,27)19-17-12-22(4,24-20(19)25)28-18-10-7-14(23)11-16(17)18/h5-11,17,19H,12H2,1-4H3,(H,24,25). The highest BCUT2D eigenvalue weighted by molar-refractivity contribution is 9.10. The number of sulfone groups is 1. The number of hydrogen-bond acceptors (Lipinski definition) is 4. The largest absolute Gasteiger partial charge is 0.468 e. The van der Waals surface area contributed by atoms with Crippen molar-refractivity contribution < 1.29 is 17.9 Å². The Kier molecular flexibility index (Phi) is 4.63. The van der Waals surface area contributed by atoms with Gasteiger partial charge in [-0.3, -0.25) is 4.79 Å². The van der Waals surface area contributed by atoms with Gasteiger partial charge in [0.05, 0.1) is 4.90 Å². The Morgan fingerprint density at radius 2 is 1.79 bits per heavy atom. The zero-order valence-electron chi connectivity index (χ0n) is 16.8. The molecule has 3 atom stereocenters. The lowest BCUT2D eigenvalue weighted by Crippen LogP contribution is -2.63. The molecule has 0 aromatic heterocycles. The third kappa shape index (κ3) is 3.48. The van der Waals surface area contributed by atoms with Crippen LogP contribution in [0.2, 0.25) is 0 Å². The Morgan fingerprint density at radius 3 is 2.41 bits per heavy atom. The van der Waals surface area contributed by atoms with Gasteiger partial charge in [0, 0.05) is 22.4 Å². The summed E-state index contributed by atoms with van der Waals surface area (Å²) in [7, 11) is -3.89. The van der Waals surface area contributed by atoms with Crippen molar-refractivity contribution in [2.75, 3.05) is 0 Å². The molecule has 1 saturated heterocycles. The number of hydrogen-bond donors (Lipinski definition) is 1. The van der Waals surface area contributed by atoms with Gasteiger partial charge in [-0.1, -0.05) is 48.8 Å². The summed E-state index contributed by atoms with van der Waals surface area (Å²) in [6.07, 6.45) is 0.395. The summed E-state index contributed by atoms with van der Waals surface area (Å²) >= 11 is 3.44. The number of piperidine rings is 1. The van der Waals surface area contributed by atoms with Gasteiger partial charge in [-0.25, -0.2) is 8.42 Å². The van der Waals surface area contributed by atoms with Gasteiger partial charge >= 0.3 is 0 Å². The van der Waals surface area contributed by atoms with E-state index in [1.54, 1.807) is 19.1 Å². The molecule has 3 unspecified atom stereocenters. The number of carbonyl (C=O) groups is 1. The summed E-state index contributed by atoms with van der Waals surface area (Å²) in [5.74, 6) is -0.396. The second-order valence-electron chi connectivity index (χ2n) is 9.05. The van der Waals surface area contributed by atoms with Crippen LogP contribution in [0.15, 0.2) is 51.8 Å². The first kappa shape index (κ1) is 20.4. The fraction of sp³-hybridized carbons (Fsp3) is 0.409. The molecule has 0 spiro atoms. The topological polar surface area (TPSA) is 72.5 Å². The highest BCUT2D eigenvalue weighted by Gasteiger charge is 2.54. The molecule has 1 amide bonds. The minimum Gasteiger partial charge on any atom is -0.468 e. The molecule has 1 fully saturated rings. The van der Waals surface area contributed by atoms with E-state index in [0.717, 1.165) is 15.6 Å². The number of rotatable bonds is 2. The van der Waals surface area contributed by atoms with Crippen LogP contribution in [0.4, 0.5) is 0 Å². The van der Waals surface area contributed by atoms with Gasteiger partial charge in [-0.15, -0.1) is 0 Å². The predicted octanol–water partition coefficient (Wildman–Crippen LogP) is 4.30. The Bertz CT molecular complexity index is 1090. The second kappa shape index (κ2) is 6.57. The van der Waals surface area contributed by atoms with Gasteiger partial charge < -0.3 is 10.1 Å². The number of halogens is 1. The molecule has 29 heavy (non-hydrogen) atoms. The second-order valence-corrected chi connectivity index (χ2v) is 12.0. The minimum atomic E-state index is -3.89. The van der Waals surface area contributed by atoms with E-state index >= 15 is 0 Å². The maximum Gasteiger partial charge on any atom is 0.242 e. The van der Waals surface area contributed by atoms with Crippen molar-refractivity contribution >= 4 is 31.7 Å². The van der Waals surface area contributed by atoms with Gasteiger partial charge in [0.15, 0.2) is 20.8 Å². The number of ether oxygens (including phenoxy) is 1. The van der Waals surface area contributed by atoms with Crippen LogP contribution in [0.1, 0.15) is 51.2 Å². The fourth-order valence-electron chi connectivity index (χ4n) is 4.23. The molecule has 2 aliphatic heterocycles. The first-order chi connectivity index (χ1) is 13.4. The van der Waals surface area contributed by atoms with E-state index in [1.165, 1.54) is 0 Å². The zero-order valence-corrected chi connectivity index (χ0v) is 19.2. The van der Waals surface area contributed by atoms with Crippen LogP contribution in [0.25, 0.3) is 0 Å². The Hall–Kier alpha value is -1.86. The average Bonchev–Trinajstić information content (AvgIpc) is 2.61. The van der Waals surface area contributed by atoms with Gasteiger partial charge in [0.2, 0.25) is 5.91 Å².